The topological polar surface area (TPSA) is 87.7 Å². The molecular weight excluding hydrogens is 248 g/mol. The lowest BCUT2D eigenvalue weighted by Crippen LogP contribution is -2.48. The molecule has 0 unspecified atom stereocenters. The van der Waals surface area contributed by atoms with Gasteiger partial charge in [0.1, 0.15) is 11.6 Å². The Hall–Kier alpha value is -1.30. The molecule has 0 bridgehead atoms. The molecule has 6 heteroatoms. The normalized spacial score (nSPS) is 14.9. The first-order valence-electron chi connectivity index (χ1n) is 6.48. The van der Waals surface area contributed by atoms with E-state index < -0.39 is 23.7 Å². The van der Waals surface area contributed by atoms with Gasteiger partial charge in [-0.25, -0.2) is 4.79 Å². The average Bonchev–Trinajstić information content (AvgIpc) is 2.12. The minimum absolute atomic E-state index is 0.0220. The first-order valence-corrected chi connectivity index (χ1v) is 6.48. The van der Waals surface area contributed by atoms with Gasteiger partial charge in [-0.05, 0) is 33.6 Å². The van der Waals surface area contributed by atoms with Crippen LogP contribution in [0, 0.1) is 5.92 Å². The van der Waals surface area contributed by atoms with Gasteiger partial charge in [0.25, 0.3) is 0 Å². The van der Waals surface area contributed by atoms with E-state index in [1.807, 2.05) is 13.8 Å². The van der Waals surface area contributed by atoms with E-state index >= 15 is 0 Å². The maximum absolute atomic E-state index is 11.5. The Balaban J connectivity index is 4.14. The molecule has 1 amide bonds. The summed E-state index contributed by atoms with van der Waals surface area (Å²) in [5, 5.41) is 14.6. The molecule has 0 fully saturated rings. The molecule has 0 aliphatic rings. The van der Waals surface area contributed by atoms with E-state index in [2.05, 4.69) is 10.6 Å². The van der Waals surface area contributed by atoms with Crippen molar-refractivity contribution < 1.29 is 19.4 Å². The average molecular weight is 274 g/mol. The molecule has 3 N–H and O–H groups in total. The highest BCUT2D eigenvalue weighted by atomic mass is 16.6. The molecule has 0 saturated heterocycles. The van der Waals surface area contributed by atoms with E-state index in [1.165, 1.54) is 0 Å². The van der Waals surface area contributed by atoms with Crippen LogP contribution < -0.4 is 10.6 Å². The zero-order valence-electron chi connectivity index (χ0n) is 12.6. The van der Waals surface area contributed by atoms with E-state index in [-0.39, 0.29) is 12.0 Å². The maximum Gasteiger partial charge on any atom is 0.407 e. The molecule has 0 aromatic carbocycles. The van der Waals surface area contributed by atoms with Gasteiger partial charge in [0, 0.05) is 12.6 Å². The molecule has 6 nitrogen and oxygen atoms in total. The molecule has 0 rings (SSSR count). The number of carbonyl (C=O) groups is 2. The number of nitrogens with one attached hydrogen (secondary N) is 2. The van der Waals surface area contributed by atoms with Crippen LogP contribution in [0.2, 0.25) is 0 Å². The summed E-state index contributed by atoms with van der Waals surface area (Å²) in [6, 6.07) is -0.835. The van der Waals surface area contributed by atoms with Gasteiger partial charge in [0.05, 0.1) is 0 Å². The van der Waals surface area contributed by atoms with Crippen LogP contribution in [0.4, 0.5) is 4.79 Å². The SMILES string of the molecule is CC(C)[C@H](NC[C@H](C)NC(=O)OC(C)(C)C)C(=O)O. The Bertz CT molecular complexity index is 310. The Morgan fingerprint density at radius 2 is 1.74 bits per heavy atom. The summed E-state index contributed by atoms with van der Waals surface area (Å²) in [4.78, 5) is 22.5. The minimum atomic E-state index is -0.889. The summed E-state index contributed by atoms with van der Waals surface area (Å²) in [7, 11) is 0. The van der Waals surface area contributed by atoms with Crippen molar-refractivity contribution in [1.82, 2.24) is 10.6 Å². The third kappa shape index (κ3) is 8.42. The summed E-state index contributed by atoms with van der Waals surface area (Å²) in [5.41, 5.74) is -0.543. The Morgan fingerprint density at radius 1 is 1.21 bits per heavy atom. The standard InChI is InChI=1S/C13H26N2O4/c1-8(2)10(11(16)17)14-7-9(3)15-12(18)19-13(4,5)6/h8-10,14H,7H2,1-6H3,(H,15,18)(H,16,17)/t9-,10-/m0/s1. The summed E-state index contributed by atoms with van der Waals surface area (Å²) in [6.45, 7) is 11.2. The highest BCUT2D eigenvalue weighted by Gasteiger charge is 2.22. The predicted molar refractivity (Wildman–Crippen MR) is 73.1 cm³/mol. The lowest BCUT2D eigenvalue weighted by molar-refractivity contribution is -0.140. The second kappa shape index (κ2) is 7.33. The summed E-state index contributed by atoms with van der Waals surface area (Å²) in [5.74, 6) is -0.911. The molecule has 0 aliphatic carbocycles. The first-order chi connectivity index (χ1) is 8.53. The second-order valence-electron chi connectivity index (χ2n) is 6.02. The van der Waals surface area contributed by atoms with Crippen molar-refractivity contribution in [1.29, 1.82) is 0 Å². The quantitative estimate of drug-likeness (QED) is 0.684. The van der Waals surface area contributed by atoms with Crippen LogP contribution in [0.25, 0.3) is 0 Å². The summed E-state index contributed by atoms with van der Waals surface area (Å²) < 4.78 is 5.12. The monoisotopic (exact) mass is 274 g/mol. The number of carboxylic acids is 1. The largest absolute Gasteiger partial charge is 0.480 e. The molecule has 112 valence electrons. The lowest BCUT2D eigenvalue weighted by atomic mass is 10.0. The number of amides is 1. The van der Waals surface area contributed by atoms with Gasteiger partial charge in [-0.3, -0.25) is 4.79 Å². The number of carbonyl (C=O) groups excluding carboxylic acids is 1. The number of ether oxygens (including phenoxy) is 1. The van der Waals surface area contributed by atoms with Gasteiger partial charge in [0.2, 0.25) is 0 Å². The van der Waals surface area contributed by atoms with Gasteiger partial charge in [0.15, 0.2) is 0 Å². The van der Waals surface area contributed by atoms with Crippen LogP contribution in [-0.2, 0) is 9.53 Å². The zero-order valence-corrected chi connectivity index (χ0v) is 12.6. The molecule has 2 atom stereocenters. The molecule has 0 heterocycles. The van der Waals surface area contributed by atoms with Crippen molar-refractivity contribution in [2.75, 3.05) is 6.54 Å². The Labute approximate surface area is 114 Å². The first kappa shape index (κ1) is 17.7. The third-order valence-corrected chi connectivity index (χ3v) is 2.34. The number of hydrogen-bond acceptors (Lipinski definition) is 4. The van der Waals surface area contributed by atoms with Crippen LogP contribution >= 0.6 is 0 Å². The lowest BCUT2D eigenvalue weighted by Gasteiger charge is -2.24. The molecule has 19 heavy (non-hydrogen) atoms. The van der Waals surface area contributed by atoms with E-state index in [1.54, 1.807) is 27.7 Å². The number of hydrogen-bond donors (Lipinski definition) is 3. The zero-order chi connectivity index (χ0) is 15.2. The van der Waals surface area contributed by atoms with Gasteiger partial charge in [-0.2, -0.15) is 0 Å². The Kier molecular flexibility index (Phi) is 6.83. The summed E-state index contributed by atoms with van der Waals surface area (Å²) in [6.07, 6.45) is -0.502. The van der Waals surface area contributed by atoms with Gasteiger partial charge < -0.3 is 20.5 Å². The molecule has 0 spiro atoms. The van der Waals surface area contributed by atoms with Crippen molar-refractivity contribution in [3.63, 3.8) is 0 Å². The van der Waals surface area contributed by atoms with E-state index in [4.69, 9.17) is 9.84 Å². The second-order valence-corrected chi connectivity index (χ2v) is 6.02. The summed E-state index contributed by atoms with van der Waals surface area (Å²) >= 11 is 0. The fourth-order valence-electron chi connectivity index (χ4n) is 1.47. The van der Waals surface area contributed by atoms with E-state index in [0.29, 0.717) is 6.54 Å². The van der Waals surface area contributed by atoms with Crippen molar-refractivity contribution in [2.24, 2.45) is 5.92 Å². The van der Waals surface area contributed by atoms with Crippen LogP contribution in [-0.4, -0.2) is 41.4 Å². The van der Waals surface area contributed by atoms with Crippen LogP contribution in [0.5, 0.6) is 0 Å². The molecule has 0 aromatic heterocycles. The fourth-order valence-corrected chi connectivity index (χ4v) is 1.47. The van der Waals surface area contributed by atoms with Gasteiger partial charge in [-0.1, -0.05) is 13.8 Å². The van der Waals surface area contributed by atoms with E-state index in [0.717, 1.165) is 0 Å². The van der Waals surface area contributed by atoms with Gasteiger partial charge >= 0.3 is 12.1 Å². The van der Waals surface area contributed by atoms with Crippen LogP contribution in [0.1, 0.15) is 41.5 Å². The predicted octanol–water partition coefficient (Wildman–Crippen LogP) is 1.60. The highest BCUT2D eigenvalue weighted by Crippen LogP contribution is 2.07. The number of carboxylic acid groups (broad SMARTS) is 1. The van der Waals surface area contributed by atoms with Crippen molar-refractivity contribution in [3.8, 4) is 0 Å². The maximum atomic E-state index is 11.5. The third-order valence-electron chi connectivity index (χ3n) is 2.34. The van der Waals surface area contributed by atoms with Crippen LogP contribution in [0.15, 0.2) is 0 Å². The van der Waals surface area contributed by atoms with Crippen molar-refractivity contribution in [3.05, 3.63) is 0 Å². The Morgan fingerprint density at radius 3 is 2.11 bits per heavy atom. The van der Waals surface area contributed by atoms with Crippen LogP contribution in [0.3, 0.4) is 0 Å². The highest BCUT2D eigenvalue weighted by molar-refractivity contribution is 5.73. The molecule has 0 aromatic rings. The number of alkyl carbamates (subject to hydrolysis) is 1. The molecule has 0 aliphatic heterocycles. The van der Waals surface area contributed by atoms with Crippen molar-refractivity contribution >= 4 is 12.1 Å². The smallest absolute Gasteiger partial charge is 0.407 e. The molecule has 0 saturated carbocycles. The van der Waals surface area contributed by atoms with Crippen molar-refractivity contribution in [2.45, 2.75) is 59.2 Å². The minimum Gasteiger partial charge on any atom is -0.480 e. The molecule has 0 radical (unpaired) electrons. The fraction of sp³-hybridized carbons (Fsp3) is 0.846. The van der Waals surface area contributed by atoms with E-state index in [9.17, 15) is 9.59 Å². The number of aliphatic carboxylic acids is 1. The molecular formula is C13H26N2O4. The van der Waals surface area contributed by atoms with Gasteiger partial charge in [-0.15, -0.1) is 0 Å². The number of rotatable bonds is 6.